The third-order valence-electron chi connectivity index (χ3n) is 5.06. The zero-order valence-electron chi connectivity index (χ0n) is 14.1. The molecule has 0 spiro atoms. The lowest BCUT2D eigenvalue weighted by molar-refractivity contribution is 0.193. The molecule has 4 nitrogen and oxygen atoms in total. The molecular formula is C20H22FN3O. The van der Waals surface area contributed by atoms with Crippen LogP contribution in [-0.2, 0) is 0 Å². The summed E-state index contributed by atoms with van der Waals surface area (Å²) in [6.45, 7) is 3.13. The number of hydrogen-bond acceptors (Lipinski definition) is 2. The molecule has 2 aliphatic rings. The lowest BCUT2D eigenvalue weighted by atomic mass is 10.1. The molecule has 1 aliphatic carbocycles. The number of benzene rings is 2. The van der Waals surface area contributed by atoms with E-state index in [4.69, 9.17) is 0 Å². The molecule has 1 heterocycles. The molecule has 0 aromatic heterocycles. The summed E-state index contributed by atoms with van der Waals surface area (Å²) in [6.07, 6.45) is 0.888. The van der Waals surface area contributed by atoms with Crippen molar-refractivity contribution in [2.45, 2.75) is 18.4 Å². The van der Waals surface area contributed by atoms with E-state index in [1.165, 1.54) is 11.8 Å². The van der Waals surface area contributed by atoms with E-state index in [1.54, 1.807) is 12.1 Å². The molecule has 2 fully saturated rings. The molecule has 2 aromatic rings. The molecule has 130 valence electrons. The van der Waals surface area contributed by atoms with Crippen molar-refractivity contribution in [2.24, 2.45) is 0 Å². The molecular weight excluding hydrogens is 317 g/mol. The standard InChI is InChI=1S/C20H22FN3O/c21-16-6-4-5-15(13-16)18-14-19(18)22-20(25)24-11-9-23(10-12-24)17-7-2-1-3-8-17/h1-8,13,18-19H,9-12,14H2,(H,22,25). The molecule has 2 unspecified atom stereocenters. The fourth-order valence-electron chi connectivity index (χ4n) is 3.52. The summed E-state index contributed by atoms with van der Waals surface area (Å²) in [4.78, 5) is 16.6. The van der Waals surface area contributed by atoms with Gasteiger partial charge in [0.15, 0.2) is 0 Å². The van der Waals surface area contributed by atoms with Gasteiger partial charge in [-0.15, -0.1) is 0 Å². The molecule has 0 radical (unpaired) electrons. The summed E-state index contributed by atoms with van der Waals surface area (Å²) in [5.41, 5.74) is 2.18. The number of urea groups is 1. The van der Waals surface area contributed by atoms with Gasteiger partial charge in [-0.25, -0.2) is 9.18 Å². The monoisotopic (exact) mass is 339 g/mol. The van der Waals surface area contributed by atoms with Gasteiger partial charge in [-0.3, -0.25) is 0 Å². The van der Waals surface area contributed by atoms with Gasteiger partial charge in [-0.05, 0) is 36.2 Å². The summed E-state index contributed by atoms with van der Waals surface area (Å²) in [7, 11) is 0. The number of carbonyl (C=O) groups is 1. The summed E-state index contributed by atoms with van der Waals surface area (Å²) in [5.74, 6) is 0.0248. The Kier molecular flexibility index (Phi) is 4.30. The van der Waals surface area contributed by atoms with Crippen molar-refractivity contribution in [1.82, 2.24) is 10.2 Å². The Balaban J connectivity index is 1.28. The average molecular weight is 339 g/mol. The van der Waals surface area contributed by atoms with Gasteiger partial charge in [-0.2, -0.15) is 0 Å². The molecule has 0 bridgehead atoms. The van der Waals surface area contributed by atoms with Crippen molar-refractivity contribution in [3.63, 3.8) is 0 Å². The second-order valence-corrected chi connectivity index (χ2v) is 6.76. The molecule has 4 rings (SSSR count). The van der Waals surface area contributed by atoms with Crippen LogP contribution in [0.2, 0.25) is 0 Å². The first-order valence-corrected chi connectivity index (χ1v) is 8.81. The van der Waals surface area contributed by atoms with Crippen LogP contribution in [0.25, 0.3) is 0 Å². The Bertz CT molecular complexity index is 744. The molecule has 2 atom stereocenters. The maximum Gasteiger partial charge on any atom is 0.317 e. The molecule has 2 aromatic carbocycles. The Morgan fingerprint density at radius 1 is 1.00 bits per heavy atom. The van der Waals surface area contributed by atoms with Crippen molar-refractivity contribution in [2.75, 3.05) is 31.1 Å². The van der Waals surface area contributed by atoms with E-state index in [9.17, 15) is 9.18 Å². The van der Waals surface area contributed by atoms with Gasteiger partial charge in [0.05, 0.1) is 0 Å². The number of hydrogen-bond donors (Lipinski definition) is 1. The zero-order chi connectivity index (χ0) is 17.2. The molecule has 5 heteroatoms. The minimum atomic E-state index is -0.216. The van der Waals surface area contributed by atoms with Crippen LogP contribution >= 0.6 is 0 Å². The number of amides is 2. The maximum absolute atomic E-state index is 13.3. The first-order chi connectivity index (χ1) is 12.2. The summed E-state index contributed by atoms with van der Waals surface area (Å²) in [5, 5.41) is 3.09. The average Bonchev–Trinajstić information content (AvgIpc) is 3.42. The van der Waals surface area contributed by atoms with Crippen LogP contribution in [0.3, 0.4) is 0 Å². The Morgan fingerprint density at radius 3 is 2.48 bits per heavy atom. The van der Waals surface area contributed by atoms with Gasteiger partial charge in [0.25, 0.3) is 0 Å². The van der Waals surface area contributed by atoms with E-state index in [-0.39, 0.29) is 23.8 Å². The second-order valence-electron chi connectivity index (χ2n) is 6.76. The summed E-state index contributed by atoms with van der Waals surface area (Å²) in [6, 6.07) is 17.1. The smallest absolute Gasteiger partial charge is 0.317 e. The number of nitrogens with one attached hydrogen (secondary N) is 1. The molecule has 2 amide bonds. The zero-order valence-corrected chi connectivity index (χ0v) is 14.1. The van der Waals surface area contributed by atoms with E-state index in [2.05, 4.69) is 22.3 Å². The minimum absolute atomic E-state index is 0.00313. The van der Waals surface area contributed by atoms with Crippen LogP contribution in [0.5, 0.6) is 0 Å². The fraction of sp³-hybridized carbons (Fsp3) is 0.350. The van der Waals surface area contributed by atoms with Crippen molar-refractivity contribution >= 4 is 11.7 Å². The summed E-state index contributed by atoms with van der Waals surface area (Å²) >= 11 is 0. The van der Waals surface area contributed by atoms with Crippen LogP contribution in [0.1, 0.15) is 17.9 Å². The summed E-state index contributed by atoms with van der Waals surface area (Å²) < 4.78 is 13.3. The van der Waals surface area contributed by atoms with Crippen molar-refractivity contribution in [1.29, 1.82) is 0 Å². The predicted molar refractivity (Wildman–Crippen MR) is 96.3 cm³/mol. The number of piperazine rings is 1. The minimum Gasteiger partial charge on any atom is -0.368 e. The number of para-hydroxylation sites is 1. The molecule has 1 aliphatic heterocycles. The molecule has 1 saturated heterocycles. The highest BCUT2D eigenvalue weighted by Gasteiger charge is 2.40. The maximum atomic E-state index is 13.3. The number of anilines is 1. The van der Waals surface area contributed by atoms with Gasteiger partial charge in [0, 0.05) is 43.8 Å². The number of rotatable bonds is 3. The number of carbonyl (C=O) groups excluding carboxylic acids is 1. The topological polar surface area (TPSA) is 35.6 Å². The SMILES string of the molecule is O=C(NC1CC1c1cccc(F)c1)N1CCN(c2ccccc2)CC1. The van der Waals surface area contributed by atoms with Crippen molar-refractivity contribution in [3.8, 4) is 0 Å². The van der Waals surface area contributed by atoms with Crippen molar-refractivity contribution in [3.05, 3.63) is 66.0 Å². The Morgan fingerprint density at radius 2 is 1.76 bits per heavy atom. The van der Waals surface area contributed by atoms with Gasteiger partial charge >= 0.3 is 6.03 Å². The fourth-order valence-corrected chi connectivity index (χ4v) is 3.52. The van der Waals surface area contributed by atoms with E-state index >= 15 is 0 Å². The largest absolute Gasteiger partial charge is 0.368 e. The quantitative estimate of drug-likeness (QED) is 0.932. The third kappa shape index (κ3) is 3.60. The van der Waals surface area contributed by atoms with Crippen LogP contribution in [0, 0.1) is 5.82 Å². The molecule has 25 heavy (non-hydrogen) atoms. The Labute approximate surface area is 147 Å². The van der Waals surface area contributed by atoms with Crippen LogP contribution in [-0.4, -0.2) is 43.2 Å². The highest BCUT2D eigenvalue weighted by Crippen LogP contribution is 2.41. The lowest BCUT2D eigenvalue weighted by Gasteiger charge is -2.36. The third-order valence-corrected chi connectivity index (χ3v) is 5.06. The lowest BCUT2D eigenvalue weighted by Crippen LogP contribution is -2.52. The first kappa shape index (κ1) is 15.9. The van der Waals surface area contributed by atoms with Crippen LogP contribution in [0.15, 0.2) is 54.6 Å². The van der Waals surface area contributed by atoms with E-state index in [0.29, 0.717) is 0 Å². The van der Waals surface area contributed by atoms with E-state index in [0.717, 1.165) is 38.2 Å². The van der Waals surface area contributed by atoms with Crippen molar-refractivity contribution < 1.29 is 9.18 Å². The van der Waals surface area contributed by atoms with E-state index < -0.39 is 0 Å². The first-order valence-electron chi connectivity index (χ1n) is 8.81. The number of halogens is 1. The predicted octanol–water partition coefficient (Wildman–Crippen LogP) is 3.21. The number of nitrogens with zero attached hydrogens (tertiary/aromatic N) is 2. The van der Waals surface area contributed by atoms with Gasteiger partial charge < -0.3 is 15.1 Å². The molecule has 1 saturated carbocycles. The van der Waals surface area contributed by atoms with E-state index in [1.807, 2.05) is 29.2 Å². The Hall–Kier alpha value is -2.56. The van der Waals surface area contributed by atoms with Gasteiger partial charge in [-0.1, -0.05) is 30.3 Å². The second kappa shape index (κ2) is 6.75. The van der Waals surface area contributed by atoms with Gasteiger partial charge in [0.2, 0.25) is 0 Å². The molecule has 1 N–H and O–H groups in total. The normalized spacial score (nSPS) is 22.6. The highest BCUT2D eigenvalue weighted by molar-refractivity contribution is 5.75. The highest BCUT2D eigenvalue weighted by atomic mass is 19.1. The van der Waals surface area contributed by atoms with Crippen LogP contribution in [0.4, 0.5) is 14.9 Å². The van der Waals surface area contributed by atoms with Gasteiger partial charge in [0.1, 0.15) is 5.82 Å². The van der Waals surface area contributed by atoms with Crippen LogP contribution < -0.4 is 10.2 Å².